The van der Waals surface area contributed by atoms with Crippen molar-refractivity contribution >= 4 is 15.9 Å². The van der Waals surface area contributed by atoms with E-state index in [0.717, 1.165) is 24.0 Å². The molecule has 0 aliphatic carbocycles. The lowest BCUT2D eigenvalue weighted by Crippen LogP contribution is -2.40. The van der Waals surface area contributed by atoms with Gasteiger partial charge in [0.2, 0.25) is 5.91 Å². The summed E-state index contributed by atoms with van der Waals surface area (Å²) in [4.78, 5) is 10.9. The van der Waals surface area contributed by atoms with Gasteiger partial charge in [-0.05, 0) is 6.42 Å². The first-order valence-electron chi connectivity index (χ1n) is 5.32. The third-order valence-corrected chi connectivity index (χ3v) is 3.17. The second-order valence-corrected chi connectivity index (χ2v) is 5.31. The van der Waals surface area contributed by atoms with Gasteiger partial charge in [0.15, 0.2) is 0 Å². The summed E-state index contributed by atoms with van der Waals surface area (Å²) in [7, 11) is -5.54. The zero-order valence-electron chi connectivity index (χ0n) is 9.51. The highest BCUT2D eigenvalue weighted by molar-refractivity contribution is 7.90. The Bertz CT molecular complexity index is 338. The number of rotatable bonds is 7. The van der Waals surface area contributed by atoms with E-state index in [2.05, 4.69) is 0 Å². The van der Waals surface area contributed by atoms with E-state index >= 15 is 0 Å². The van der Waals surface area contributed by atoms with Crippen LogP contribution < -0.4 is 4.72 Å². The van der Waals surface area contributed by atoms with Crippen LogP contribution >= 0.6 is 0 Å². The maximum Gasteiger partial charge on any atom is 0.516 e. The first-order valence-corrected chi connectivity index (χ1v) is 6.81. The van der Waals surface area contributed by atoms with Gasteiger partial charge in [-0.3, -0.25) is 4.79 Å². The van der Waals surface area contributed by atoms with Gasteiger partial charge in [-0.2, -0.15) is 21.6 Å². The number of amides is 1. The minimum Gasteiger partial charge on any atom is -0.274 e. The van der Waals surface area contributed by atoms with Crippen molar-refractivity contribution in [2.45, 2.75) is 51.0 Å². The molecule has 0 heterocycles. The Kier molecular flexibility index (Phi) is 6.51. The fourth-order valence-corrected chi connectivity index (χ4v) is 1.67. The van der Waals surface area contributed by atoms with Gasteiger partial charge in [-0.15, -0.1) is 0 Å². The van der Waals surface area contributed by atoms with E-state index in [9.17, 15) is 26.4 Å². The standard InChI is InChI=1S/C9H16F3NO3S/c1-2-3-4-5-6-7-8(14)13-17(15,16)9(10,11)12/h2-7H2,1H3,(H,13,14). The summed E-state index contributed by atoms with van der Waals surface area (Å²) in [6.07, 6.45) is 3.76. The van der Waals surface area contributed by atoms with Gasteiger partial charge in [0.05, 0.1) is 0 Å². The molecule has 0 aromatic rings. The molecule has 0 saturated carbocycles. The average Bonchev–Trinajstić information content (AvgIpc) is 2.14. The third-order valence-electron chi connectivity index (χ3n) is 2.06. The van der Waals surface area contributed by atoms with Gasteiger partial charge in [0.1, 0.15) is 0 Å². The summed E-state index contributed by atoms with van der Waals surface area (Å²) < 4.78 is 57.7. The van der Waals surface area contributed by atoms with Gasteiger partial charge < -0.3 is 0 Å². The van der Waals surface area contributed by atoms with Crippen LogP contribution in [0, 0.1) is 0 Å². The molecule has 1 N–H and O–H groups in total. The number of carbonyl (C=O) groups excluding carboxylic acids is 1. The second kappa shape index (κ2) is 6.83. The molecule has 102 valence electrons. The van der Waals surface area contributed by atoms with E-state index in [1.165, 1.54) is 0 Å². The molecule has 0 aliphatic rings. The van der Waals surface area contributed by atoms with Crippen LogP contribution in [0.1, 0.15) is 45.4 Å². The Hall–Kier alpha value is -0.790. The first kappa shape index (κ1) is 16.2. The van der Waals surface area contributed by atoms with Crippen molar-refractivity contribution < 1.29 is 26.4 Å². The summed E-state index contributed by atoms with van der Waals surface area (Å²) in [6.45, 7) is 2.00. The topological polar surface area (TPSA) is 63.2 Å². The molecule has 17 heavy (non-hydrogen) atoms. The highest BCUT2D eigenvalue weighted by Gasteiger charge is 2.46. The molecule has 0 radical (unpaired) electrons. The fraction of sp³-hybridized carbons (Fsp3) is 0.889. The zero-order valence-corrected chi connectivity index (χ0v) is 10.3. The molecule has 0 spiro atoms. The molecular weight excluding hydrogens is 259 g/mol. The Labute approximate surface area is 98.6 Å². The largest absolute Gasteiger partial charge is 0.516 e. The molecule has 1 amide bonds. The van der Waals surface area contributed by atoms with E-state index in [1.807, 2.05) is 6.92 Å². The number of sulfonamides is 1. The smallest absolute Gasteiger partial charge is 0.274 e. The summed E-state index contributed by atoms with van der Waals surface area (Å²) >= 11 is 0. The van der Waals surface area contributed by atoms with Crippen LogP contribution in [0.5, 0.6) is 0 Å². The number of carbonyl (C=O) groups is 1. The molecule has 0 saturated heterocycles. The molecule has 0 fully saturated rings. The van der Waals surface area contributed by atoms with Crippen molar-refractivity contribution in [3.8, 4) is 0 Å². The Balaban J connectivity index is 3.96. The van der Waals surface area contributed by atoms with Crippen molar-refractivity contribution in [1.82, 2.24) is 4.72 Å². The van der Waals surface area contributed by atoms with E-state index in [4.69, 9.17) is 0 Å². The third kappa shape index (κ3) is 6.50. The molecule has 0 aromatic heterocycles. The van der Waals surface area contributed by atoms with E-state index in [1.54, 1.807) is 0 Å². The highest BCUT2D eigenvalue weighted by atomic mass is 32.2. The number of hydrogen-bond donors (Lipinski definition) is 1. The lowest BCUT2D eigenvalue weighted by Gasteiger charge is -2.09. The minimum atomic E-state index is -5.54. The monoisotopic (exact) mass is 275 g/mol. The van der Waals surface area contributed by atoms with Crippen molar-refractivity contribution in [2.75, 3.05) is 0 Å². The van der Waals surface area contributed by atoms with E-state index < -0.39 is 21.4 Å². The Morgan fingerprint density at radius 1 is 1.12 bits per heavy atom. The first-order chi connectivity index (χ1) is 7.70. The van der Waals surface area contributed by atoms with Crippen molar-refractivity contribution in [1.29, 1.82) is 0 Å². The number of nitrogens with one attached hydrogen (secondary N) is 1. The van der Waals surface area contributed by atoms with Gasteiger partial charge in [0, 0.05) is 6.42 Å². The molecule has 0 atom stereocenters. The van der Waals surface area contributed by atoms with Crippen LogP contribution in [0.25, 0.3) is 0 Å². The van der Waals surface area contributed by atoms with Crippen LogP contribution in [0.2, 0.25) is 0 Å². The van der Waals surface area contributed by atoms with E-state index in [0.29, 0.717) is 12.8 Å². The normalized spacial score (nSPS) is 12.5. The highest BCUT2D eigenvalue weighted by Crippen LogP contribution is 2.21. The van der Waals surface area contributed by atoms with Crippen LogP contribution in [0.15, 0.2) is 0 Å². The molecule has 0 rings (SSSR count). The Morgan fingerprint density at radius 2 is 1.65 bits per heavy atom. The molecule has 0 unspecified atom stereocenters. The SMILES string of the molecule is CCCCCCCC(=O)NS(=O)(=O)C(F)(F)F. The van der Waals surface area contributed by atoms with Gasteiger partial charge in [-0.25, -0.2) is 4.72 Å². The molecule has 0 bridgehead atoms. The predicted molar refractivity (Wildman–Crippen MR) is 56.5 cm³/mol. The lowest BCUT2D eigenvalue weighted by atomic mass is 10.1. The second-order valence-electron chi connectivity index (χ2n) is 3.64. The maximum atomic E-state index is 11.9. The number of halogens is 3. The van der Waals surface area contributed by atoms with Crippen molar-refractivity contribution in [3.63, 3.8) is 0 Å². The van der Waals surface area contributed by atoms with Crippen LogP contribution in [0.4, 0.5) is 13.2 Å². The summed E-state index contributed by atoms with van der Waals surface area (Å²) in [5.74, 6) is -1.11. The van der Waals surface area contributed by atoms with Crippen LogP contribution in [0.3, 0.4) is 0 Å². The molecule has 8 heteroatoms. The van der Waals surface area contributed by atoms with Gasteiger partial charge in [-0.1, -0.05) is 32.6 Å². The quantitative estimate of drug-likeness (QED) is 0.725. The molecule has 4 nitrogen and oxygen atoms in total. The molecular formula is C9H16F3NO3S. The number of hydrogen-bond acceptors (Lipinski definition) is 3. The average molecular weight is 275 g/mol. The zero-order chi connectivity index (χ0) is 13.5. The van der Waals surface area contributed by atoms with Crippen molar-refractivity contribution in [2.24, 2.45) is 0 Å². The summed E-state index contributed by atoms with van der Waals surface area (Å²) in [5.41, 5.74) is -5.44. The number of alkyl halides is 3. The van der Waals surface area contributed by atoms with Crippen molar-refractivity contribution in [3.05, 3.63) is 0 Å². The minimum absolute atomic E-state index is 0.209. The lowest BCUT2D eigenvalue weighted by molar-refractivity contribution is -0.120. The maximum absolute atomic E-state index is 11.9. The van der Waals surface area contributed by atoms with E-state index in [-0.39, 0.29) is 6.42 Å². The summed E-state index contributed by atoms with van der Waals surface area (Å²) in [5, 5.41) is 0. The number of unbranched alkanes of at least 4 members (excludes halogenated alkanes) is 4. The van der Waals surface area contributed by atoms with Gasteiger partial charge >= 0.3 is 15.5 Å². The fourth-order valence-electron chi connectivity index (χ4n) is 1.15. The predicted octanol–water partition coefficient (Wildman–Crippen LogP) is 2.31. The van der Waals surface area contributed by atoms with Gasteiger partial charge in [0.25, 0.3) is 0 Å². The summed E-state index contributed by atoms with van der Waals surface area (Å²) in [6, 6.07) is 0. The molecule has 0 aliphatic heterocycles. The van der Waals surface area contributed by atoms with Crippen LogP contribution in [-0.2, 0) is 14.8 Å². The molecule has 0 aromatic carbocycles. The Morgan fingerprint density at radius 3 is 2.12 bits per heavy atom. The van der Waals surface area contributed by atoms with Crippen LogP contribution in [-0.4, -0.2) is 19.8 Å².